The molecule has 0 spiro atoms. The lowest BCUT2D eigenvalue weighted by atomic mass is 9.91. The average Bonchev–Trinajstić information content (AvgIpc) is 2.32. The van der Waals surface area contributed by atoms with Gasteiger partial charge in [0.15, 0.2) is 0 Å². The van der Waals surface area contributed by atoms with Gasteiger partial charge in [0.05, 0.1) is 0 Å². The van der Waals surface area contributed by atoms with Crippen LogP contribution in [0.1, 0.15) is 44.2 Å². The van der Waals surface area contributed by atoms with Crippen molar-refractivity contribution in [2.24, 2.45) is 5.73 Å². The molecule has 1 aliphatic rings. The summed E-state index contributed by atoms with van der Waals surface area (Å²) in [6.07, 6.45) is 6.44. The van der Waals surface area contributed by atoms with Crippen LogP contribution >= 0.6 is 0 Å². The summed E-state index contributed by atoms with van der Waals surface area (Å²) in [5, 5.41) is 8.99. The Balaban J connectivity index is 2.08. The van der Waals surface area contributed by atoms with Crippen LogP contribution in [-0.4, -0.2) is 29.3 Å². The Morgan fingerprint density at radius 3 is 2.72 bits per heavy atom. The molecule has 3 N–H and O–H groups in total. The zero-order chi connectivity index (χ0) is 13.0. The first-order chi connectivity index (χ1) is 8.72. The van der Waals surface area contributed by atoms with Crippen molar-refractivity contribution in [1.29, 1.82) is 0 Å². The third-order valence-corrected chi connectivity index (χ3v) is 3.66. The van der Waals surface area contributed by atoms with E-state index < -0.39 is 0 Å². The summed E-state index contributed by atoms with van der Waals surface area (Å²) in [7, 11) is 0. The Bertz CT molecular complexity index is 360. The van der Waals surface area contributed by atoms with E-state index in [1.54, 1.807) is 0 Å². The molecule has 100 valence electrons. The first-order valence-electron chi connectivity index (χ1n) is 6.81. The fourth-order valence-corrected chi connectivity index (χ4v) is 2.26. The SMILES string of the molecule is CC(N)c1ccc(N(CCCO)C2CCC2)nc1. The maximum absolute atomic E-state index is 8.99. The fraction of sp³-hybridized carbons (Fsp3) is 0.643. The van der Waals surface area contributed by atoms with Gasteiger partial charge in [0.2, 0.25) is 0 Å². The Morgan fingerprint density at radius 2 is 2.28 bits per heavy atom. The zero-order valence-electron chi connectivity index (χ0n) is 11.0. The van der Waals surface area contributed by atoms with Gasteiger partial charge in [-0.25, -0.2) is 4.98 Å². The van der Waals surface area contributed by atoms with E-state index >= 15 is 0 Å². The largest absolute Gasteiger partial charge is 0.396 e. The van der Waals surface area contributed by atoms with Crippen LogP contribution in [0.25, 0.3) is 0 Å². The standard InChI is InChI=1S/C14H23N3O/c1-11(15)12-6-7-14(16-10-12)17(8-3-9-18)13-4-2-5-13/h6-7,10-11,13,18H,2-5,8-9,15H2,1H3. The third-order valence-electron chi connectivity index (χ3n) is 3.66. The maximum atomic E-state index is 8.99. The summed E-state index contributed by atoms with van der Waals surface area (Å²) in [4.78, 5) is 6.84. The van der Waals surface area contributed by atoms with Crippen LogP contribution in [0.4, 0.5) is 5.82 Å². The molecule has 0 radical (unpaired) electrons. The van der Waals surface area contributed by atoms with E-state index in [9.17, 15) is 0 Å². The minimum atomic E-state index is 0.0288. The van der Waals surface area contributed by atoms with E-state index in [0.717, 1.165) is 24.3 Å². The molecule has 1 saturated carbocycles. The Kier molecular flexibility index (Phi) is 4.55. The summed E-state index contributed by atoms with van der Waals surface area (Å²) >= 11 is 0. The molecule has 1 aromatic heterocycles. The minimum absolute atomic E-state index is 0.0288. The van der Waals surface area contributed by atoms with Gasteiger partial charge in [-0.15, -0.1) is 0 Å². The summed E-state index contributed by atoms with van der Waals surface area (Å²) in [5.41, 5.74) is 6.89. The van der Waals surface area contributed by atoms with Crippen molar-refractivity contribution in [2.75, 3.05) is 18.1 Å². The molecule has 4 heteroatoms. The van der Waals surface area contributed by atoms with E-state index in [1.165, 1.54) is 19.3 Å². The van der Waals surface area contributed by atoms with Gasteiger partial charge in [-0.3, -0.25) is 0 Å². The number of aromatic nitrogens is 1. The van der Waals surface area contributed by atoms with Crippen molar-refractivity contribution in [3.8, 4) is 0 Å². The summed E-state index contributed by atoms with van der Waals surface area (Å²) in [5.74, 6) is 1.01. The number of aliphatic hydroxyl groups excluding tert-OH is 1. The van der Waals surface area contributed by atoms with Gasteiger partial charge in [-0.05, 0) is 44.2 Å². The van der Waals surface area contributed by atoms with Gasteiger partial charge >= 0.3 is 0 Å². The number of nitrogens with zero attached hydrogens (tertiary/aromatic N) is 2. The van der Waals surface area contributed by atoms with Gasteiger partial charge in [-0.1, -0.05) is 6.07 Å². The number of nitrogens with two attached hydrogens (primary N) is 1. The second kappa shape index (κ2) is 6.16. The molecule has 0 aromatic carbocycles. The number of pyridine rings is 1. The van der Waals surface area contributed by atoms with Crippen molar-refractivity contribution < 1.29 is 5.11 Å². The Morgan fingerprint density at radius 1 is 1.50 bits per heavy atom. The molecule has 0 bridgehead atoms. The van der Waals surface area contributed by atoms with Crippen molar-refractivity contribution in [2.45, 2.75) is 44.7 Å². The zero-order valence-corrected chi connectivity index (χ0v) is 11.0. The van der Waals surface area contributed by atoms with Gasteiger partial charge < -0.3 is 15.7 Å². The monoisotopic (exact) mass is 249 g/mol. The summed E-state index contributed by atoms with van der Waals surface area (Å²) in [6, 6.07) is 4.73. The first kappa shape index (κ1) is 13.3. The van der Waals surface area contributed by atoms with Crippen LogP contribution in [-0.2, 0) is 0 Å². The van der Waals surface area contributed by atoms with Crippen LogP contribution < -0.4 is 10.6 Å². The van der Waals surface area contributed by atoms with Gasteiger partial charge in [0, 0.05) is 31.4 Å². The van der Waals surface area contributed by atoms with Crippen molar-refractivity contribution in [1.82, 2.24) is 4.98 Å². The third kappa shape index (κ3) is 3.00. The average molecular weight is 249 g/mol. The molecule has 0 aliphatic heterocycles. The number of hydrogen-bond acceptors (Lipinski definition) is 4. The fourth-order valence-electron chi connectivity index (χ4n) is 2.26. The van der Waals surface area contributed by atoms with E-state index in [-0.39, 0.29) is 12.6 Å². The highest BCUT2D eigenvalue weighted by molar-refractivity contribution is 5.41. The minimum Gasteiger partial charge on any atom is -0.396 e. The normalized spacial score (nSPS) is 17.3. The molecule has 1 fully saturated rings. The predicted molar refractivity (Wildman–Crippen MR) is 73.5 cm³/mol. The van der Waals surface area contributed by atoms with Crippen LogP contribution in [0, 0.1) is 0 Å². The van der Waals surface area contributed by atoms with Gasteiger partial charge in [-0.2, -0.15) is 0 Å². The topological polar surface area (TPSA) is 62.4 Å². The highest BCUT2D eigenvalue weighted by Gasteiger charge is 2.25. The van der Waals surface area contributed by atoms with Crippen molar-refractivity contribution in [3.63, 3.8) is 0 Å². The van der Waals surface area contributed by atoms with E-state index in [2.05, 4.69) is 16.0 Å². The van der Waals surface area contributed by atoms with Crippen LogP contribution in [0.2, 0.25) is 0 Å². The molecule has 1 atom stereocenters. The summed E-state index contributed by atoms with van der Waals surface area (Å²) < 4.78 is 0. The molecule has 18 heavy (non-hydrogen) atoms. The highest BCUT2D eigenvalue weighted by Crippen LogP contribution is 2.28. The molecular weight excluding hydrogens is 226 g/mol. The second-order valence-electron chi connectivity index (χ2n) is 5.09. The molecule has 1 aliphatic carbocycles. The number of hydrogen-bond donors (Lipinski definition) is 2. The van der Waals surface area contributed by atoms with E-state index in [1.807, 2.05) is 19.2 Å². The lowest BCUT2D eigenvalue weighted by Gasteiger charge is -2.38. The molecule has 1 unspecified atom stereocenters. The van der Waals surface area contributed by atoms with Crippen molar-refractivity contribution >= 4 is 5.82 Å². The van der Waals surface area contributed by atoms with Gasteiger partial charge in [0.25, 0.3) is 0 Å². The molecular formula is C14H23N3O. The molecule has 1 heterocycles. The van der Waals surface area contributed by atoms with Crippen LogP contribution in [0.5, 0.6) is 0 Å². The Hall–Kier alpha value is -1.13. The van der Waals surface area contributed by atoms with Crippen molar-refractivity contribution in [3.05, 3.63) is 23.9 Å². The number of anilines is 1. The lowest BCUT2D eigenvalue weighted by Crippen LogP contribution is -2.41. The van der Waals surface area contributed by atoms with Crippen LogP contribution in [0.3, 0.4) is 0 Å². The highest BCUT2D eigenvalue weighted by atomic mass is 16.3. The van der Waals surface area contributed by atoms with Crippen LogP contribution in [0.15, 0.2) is 18.3 Å². The maximum Gasteiger partial charge on any atom is 0.128 e. The number of rotatable bonds is 6. The smallest absolute Gasteiger partial charge is 0.128 e. The van der Waals surface area contributed by atoms with E-state index in [4.69, 9.17) is 10.8 Å². The molecule has 4 nitrogen and oxygen atoms in total. The lowest BCUT2D eigenvalue weighted by molar-refractivity contribution is 0.282. The summed E-state index contributed by atoms with van der Waals surface area (Å²) in [6.45, 7) is 3.08. The first-order valence-corrected chi connectivity index (χ1v) is 6.81. The molecule has 0 saturated heterocycles. The molecule has 1 aromatic rings. The van der Waals surface area contributed by atoms with Gasteiger partial charge in [0.1, 0.15) is 5.82 Å². The number of aliphatic hydroxyl groups is 1. The molecule has 2 rings (SSSR count). The Labute approximate surface area is 109 Å². The predicted octanol–water partition coefficient (Wildman–Crippen LogP) is 1.84. The van der Waals surface area contributed by atoms with E-state index in [0.29, 0.717) is 6.04 Å². The molecule has 0 amide bonds. The second-order valence-corrected chi connectivity index (χ2v) is 5.09. The quantitative estimate of drug-likeness (QED) is 0.807.